The van der Waals surface area contributed by atoms with E-state index in [1.165, 1.54) is 11.3 Å². The molecule has 0 aliphatic carbocycles. The first kappa shape index (κ1) is 15.9. The predicted molar refractivity (Wildman–Crippen MR) is 77.1 cm³/mol. The van der Waals surface area contributed by atoms with E-state index in [1.54, 1.807) is 6.20 Å². The summed E-state index contributed by atoms with van der Waals surface area (Å²) in [5.74, 6) is 0. The molecule has 0 saturated heterocycles. The molecular weight excluding hydrogens is 262 g/mol. The number of carbonyl (C=O) groups excluding carboxylic acids is 1. The van der Waals surface area contributed by atoms with Crippen LogP contribution >= 0.6 is 11.3 Å². The number of aromatic nitrogens is 1. The summed E-state index contributed by atoms with van der Waals surface area (Å²) in [7, 11) is 0. The molecule has 1 heterocycles. The summed E-state index contributed by atoms with van der Waals surface area (Å²) >= 11 is 1.52. The van der Waals surface area contributed by atoms with Crippen LogP contribution in [0.3, 0.4) is 0 Å². The number of thiazole rings is 1. The van der Waals surface area contributed by atoms with Gasteiger partial charge in [0.15, 0.2) is 0 Å². The summed E-state index contributed by atoms with van der Waals surface area (Å²) in [6.45, 7) is 8.03. The normalized spacial score (nSPS) is 14.8. The van der Waals surface area contributed by atoms with Crippen molar-refractivity contribution in [2.45, 2.75) is 46.3 Å². The largest absolute Gasteiger partial charge is 0.391 e. The Balaban J connectivity index is 2.42. The van der Waals surface area contributed by atoms with Gasteiger partial charge >= 0.3 is 6.03 Å². The van der Waals surface area contributed by atoms with Crippen molar-refractivity contribution >= 4 is 17.4 Å². The zero-order valence-electron chi connectivity index (χ0n) is 11.9. The van der Waals surface area contributed by atoms with Gasteiger partial charge in [-0.1, -0.05) is 27.7 Å². The molecule has 2 unspecified atom stereocenters. The topological polar surface area (TPSA) is 74.2 Å². The van der Waals surface area contributed by atoms with Crippen LogP contribution in [-0.4, -0.2) is 28.8 Å². The van der Waals surface area contributed by atoms with E-state index in [4.69, 9.17) is 0 Å². The second-order valence-corrected chi connectivity index (χ2v) is 6.49. The number of rotatable bonds is 5. The fourth-order valence-electron chi connectivity index (χ4n) is 1.45. The second kappa shape index (κ2) is 6.86. The Morgan fingerprint density at radius 2 is 2.21 bits per heavy atom. The first-order valence-corrected chi connectivity index (χ1v) is 7.34. The van der Waals surface area contributed by atoms with E-state index < -0.39 is 6.10 Å². The van der Waals surface area contributed by atoms with Crippen molar-refractivity contribution in [3.8, 4) is 0 Å². The highest BCUT2D eigenvalue weighted by Gasteiger charge is 2.23. The predicted octanol–water partition coefficient (Wildman–Crippen LogP) is 2.30. The summed E-state index contributed by atoms with van der Waals surface area (Å²) in [4.78, 5) is 16.0. The van der Waals surface area contributed by atoms with Gasteiger partial charge in [-0.15, -0.1) is 11.3 Å². The summed E-state index contributed by atoms with van der Waals surface area (Å²) in [5, 5.41) is 18.2. The lowest BCUT2D eigenvalue weighted by molar-refractivity contribution is 0.0649. The number of aliphatic hydroxyl groups excluding tert-OH is 1. The quantitative estimate of drug-likeness (QED) is 0.777. The van der Waals surface area contributed by atoms with Gasteiger partial charge in [0.1, 0.15) is 5.01 Å². The minimum Gasteiger partial charge on any atom is -0.391 e. The van der Waals surface area contributed by atoms with Crippen LogP contribution < -0.4 is 10.6 Å². The molecule has 19 heavy (non-hydrogen) atoms. The maximum Gasteiger partial charge on any atom is 0.315 e. The molecule has 2 atom stereocenters. The highest BCUT2D eigenvalue weighted by Crippen LogP contribution is 2.19. The molecule has 1 aromatic heterocycles. The van der Waals surface area contributed by atoms with E-state index >= 15 is 0 Å². The van der Waals surface area contributed by atoms with Gasteiger partial charge in [0, 0.05) is 18.1 Å². The monoisotopic (exact) mass is 285 g/mol. The zero-order chi connectivity index (χ0) is 14.5. The minimum atomic E-state index is -0.571. The molecular formula is C13H23N3O2S. The van der Waals surface area contributed by atoms with Gasteiger partial charge in [-0.2, -0.15) is 0 Å². The summed E-state index contributed by atoms with van der Waals surface area (Å²) in [5.41, 5.74) is -0.243. The van der Waals surface area contributed by atoms with Crippen LogP contribution in [0.2, 0.25) is 0 Å². The Kier molecular flexibility index (Phi) is 5.75. The third kappa shape index (κ3) is 5.16. The van der Waals surface area contributed by atoms with Gasteiger partial charge in [-0.05, 0) is 11.8 Å². The van der Waals surface area contributed by atoms with Gasteiger partial charge in [0.2, 0.25) is 0 Å². The number of hydrogen-bond acceptors (Lipinski definition) is 4. The number of aliphatic hydroxyl groups is 1. The molecule has 0 aliphatic rings. The van der Waals surface area contributed by atoms with E-state index in [1.807, 2.05) is 33.1 Å². The lowest BCUT2D eigenvalue weighted by Gasteiger charge is -2.26. The van der Waals surface area contributed by atoms with E-state index in [2.05, 4.69) is 15.6 Å². The molecule has 3 N–H and O–H groups in total. The fraction of sp³-hybridized carbons (Fsp3) is 0.692. The lowest BCUT2D eigenvalue weighted by atomic mass is 9.89. The molecule has 0 bridgehead atoms. The Bertz CT molecular complexity index is 387. The first-order chi connectivity index (χ1) is 8.84. The van der Waals surface area contributed by atoms with Crippen molar-refractivity contribution in [1.29, 1.82) is 0 Å². The summed E-state index contributed by atoms with van der Waals surface area (Å²) in [6, 6.07) is -0.350. The number of nitrogens with one attached hydrogen (secondary N) is 2. The van der Waals surface area contributed by atoms with Gasteiger partial charge in [0.25, 0.3) is 0 Å². The highest BCUT2D eigenvalue weighted by atomic mass is 32.1. The molecule has 0 spiro atoms. The van der Waals surface area contributed by atoms with E-state index in [0.717, 1.165) is 11.4 Å². The van der Waals surface area contributed by atoms with E-state index in [0.29, 0.717) is 0 Å². The smallest absolute Gasteiger partial charge is 0.315 e. The molecule has 1 aromatic rings. The third-order valence-electron chi connectivity index (χ3n) is 2.92. The highest BCUT2D eigenvalue weighted by molar-refractivity contribution is 7.09. The van der Waals surface area contributed by atoms with Gasteiger partial charge < -0.3 is 15.7 Å². The van der Waals surface area contributed by atoms with Crippen molar-refractivity contribution in [3.63, 3.8) is 0 Å². The Morgan fingerprint density at radius 3 is 2.68 bits per heavy atom. The molecule has 2 amide bonds. The van der Waals surface area contributed by atoms with Gasteiger partial charge in [-0.25, -0.2) is 9.78 Å². The molecule has 5 nitrogen and oxygen atoms in total. The Labute approximate surface area is 118 Å². The lowest BCUT2D eigenvalue weighted by Crippen LogP contribution is -2.44. The van der Waals surface area contributed by atoms with Crippen molar-refractivity contribution in [2.24, 2.45) is 5.41 Å². The number of nitrogens with zero attached hydrogens (tertiary/aromatic N) is 1. The molecule has 1 rings (SSSR count). The van der Waals surface area contributed by atoms with E-state index in [9.17, 15) is 9.90 Å². The maximum absolute atomic E-state index is 11.8. The molecule has 6 heteroatoms. The van der Waals surface area contributed by atoms with Crippen LogP contribution in [0.5, 0.6) is 0 Å². The summed E-state index contributed by atoms with van der Waals surface area (Å²) < 4.78 is 0. The molecule has 0 fully saturated rings. The molecule has 108 valence electrons. The average Bonchev–Trinajstić information content (AvgIpc) is 2.85. The van der Waals surface area contributed by atoms with Crippen molar-refractivity contribution in [2.75, 3.05) is 6.54 Å². The van der Waals surface area contributed by atoms with E-state index in [-0.39, 0.29) is 24.0 Å². The summed E-state index contributed by atoms with van der Waals surface area (Å²) in [6.07, 6.45) is 1.94. The van der Waals surface area contributed by atoms with Crippen molar-refractivity contribution in [1.82, 2.24) is 15.6 Å². The minimum absolute atomic E-state index is 0.0771. The fourth-order valence-corrected chi connectivity index (χ4v) is 2.22. The Morgan fingerprint density at radius 1 is 1.53 bits per heavy atom. The zero-order valence-corrected chi connectivity index (χ0v) is 12.8. The van der Waals surface area contributed by atoms with Crippen LogP contribution in [0.1, 0.15) is 45.2 Å². The van der Waals surface area contributed by atoms with Crippen LogP contribution in [0, 0.1) is 5.41 Å². The SMILES string of the molecule is CCC(NC(=O)NCC(O)C(C)(C)C)c1nccs1. The third-order valence-corrected chi connectivity index (χ3v) is 3.81. The van der Waals surface area contributed by atoms with Crippen molar-refractivity contribution in [3.05, 3.63) is 16.6 Å². The first-order valence-electron chi connectivity index (χ1n) is 6.46. The van der Waals surface area contributed by atoms with Gasteiger partial charge in [0.05, 0.1) is 12.1 Å². The van der Waals surface area contributed by atoms with Crippen LogP contribution in [-0.2, 0) is 0 Å². The number of urea groups is 1. The standard InChI is InChI=1S/C13H23N3O2S/c1-5-9(11-14-6-7-19-11)16-12(18)15-8-10(17)13(2,3)4/h6-7,9-10,17H,5,8H2,1-4H3,(H2,15,16,18). The molecule has 0 aromatic carbocycles. The molecule has 0 saturated carbocycles. The van der Waals surface area contributed by atoms with Crippen LogP contribution in [0.25, 0.3) is 0 Å². The maximum atomic E-state index is 11.8. The van der Waals surface area contributed by atoms with Crippen molar-refractivity contribution < 1.29 is 9.90 Å². The second-order valence-electron chi connectivity index (χ2n) is 5.57. The van der Waals surface area contributed by atoms with Gasteiger partial charge in [-0.3, -0.25) is 0 Å². The van der Waals surface area contributed by atoms with Crippen LogP contribution in [0.4, 0.5) is 4.79 Å². The Hall–Kier alpha value is -1.14. The number of amides is 2. The number of hydrogen-bond donors (Lipinski definition) is 3. The average molecular weight is 285 g/mol. The molecule has 0 radical (unpaired) electrons. The number of carbonyl (C=O) groups is 1. The molecule has 0 aliphatic heterocycles. The van der Waals surface area contributed by atoms with Crippen LogP contribution in [0.15, 0.2) is 11.6 Å².